The van der Waals surface area contributed by atoms with E-state index < -0.39 is 0 Å². The Labute approximate surface area is 128 Å². The van der Waals surface area contributed by atoms with E-state index in [1.54, 1.807) is 24.3 Å². The van der Waals surface area contributed by atoms with Gasteiger partial charge in [-0.2, -0.15) is 5.26 Å². The van der Waals surface area contributed by atoms with E-state index in [0.29, 0.717) is 22.6 Å². The number of carbonyl (C=O) groups excluding carboxylic acids is 1. The zero-order chi connectivity index (χ0) is 15.4. The molecule has 0 saturated heterocycles. The Morgan fingerprint density at radius 2 is 1.95 bits per heavy atom. The van der Waals surface area contributed by atoms with Crippen LogP contribution < -0.4 is 9.47 Å². The molecule has 2 aromatic carbocycles. The maximum Gasteiger partial charge on any atom is 0.196 e. The Morgan fingerprint density at radius 3 is 2.73 bits per heavy atom. The molecule has 4 nitrogen and oxygen atoms in total. The summed E-state index contributed by atoms with van der Waals surface area (Å²) in [6.45, 7) is 0.284. The fourth-order valence-corrected chi connectivity index (χ4v) is 2.26. The number of ketones is 1. The molecule has 0 atom stereocenters. The number of benzene rings is 2. The molecule has 0 aliphatic carbocycles. The van der Waals surface area contributed by atoms with Gasteiger partial charge in [-0.25, -0.2) is 0 Å². The zero-order valence-electron chi connectivity index (χ0n) is 11.8. The van der Waals surface area contributed by atoms with E-state index >= 15 is 0 Å². The maximum absolute atomic E-state index is 12.4. The largest absolute Gasteiger partial charge is 0.488 e. The number of Topliss-reactive ketones (excluding diaryl/α,β-unsaturated/α-hetero) is 1. The predicted octanol–water partition coefficient (Wildman–Crippen LogP) is 3.25. The summed E-state index contributed by atoms with van der Waals surface area (Å²) in [5.74, 6) is 1.25. The van der Waals surface area contributed by atoms with E-state index in [9.17, 15) is 4.79 Å². The van der Waals surface area contributed by atoms with Crippen molar-refractivity contribution in [2.45, 2.75) is 0 Å². The van der Waals surface area contributed by atoms with Gasteiger partial charge in [0.2, 0.25) is 0 Å². The number of hydrogen-bond acceptors (Lipinski definition) is 4. The smallest absolute Gasteiger partial charge is 0.196 e. The molecule has 0 N–H and O–H groups in total. The second kappa shape index (κ2) is 6.15. The number of carbonyl (C=O) groups is 1. The Bertz CT molecular complexity index is 770. The van der Waals surface area contributed by atoms with Gasteiger partial charge in [0.05, 0.1) is 5.56 Å². The molecule has 0 amide bonds. The molecule has 0 saturated carbocycles. The average molecular weight is 291 g/mol. The van der Waals surface area contributed by atoms with Crippen LogP contribution >= 0.6 is 0 Å². The molecule has 3 rings (SSSR count). The summed E-state index contributed by atoms with van der Waals surface area (Å²) in [5.41, 5.74) is 2.09. The Hall–Kier alpha value is -3.06. The van der Waals surface area contributed by atoms with Gasteiger partial charge in [-0.15, -0.1) is 0 Å². The van der Waals surface area contributed by atoms with Gasteiger partial charge < -0.3 is 9.47 Å². The average Bonchev–Trinajstić information content (AvgIpc) is 2.57. The van der Waals surface area contributed by atoms with Crippen molar-refractivity contribution in [1.82, 2.24) is 0 Å². The summed E-state index contributed by atoms with van der Waals surface area (Å²) in [7, 11) is 0. The molecule has 108 valence electrons. The summed E-state index contributed by atoms with van der Waals surface area (Å²) in [5, 5.41) is 8.47. The monoisotopic (exact) mass is 291 g/mol. The normalized spacial score (nSPS) is 14.9. The van der Waals surface area contributed by atoms with Gasteiger partial charge in [-0.1, -0.05) is 24.3 Å². The third kappa shape index (κ3) is 2.84. The SMILES string of the molecule is N#CCOc1ccc(/C=C2\COc3ccccc3C2=O)cc1. The van der Waals surface area contributed by atoms with Crippen LogP contribution in [0.25, 0.3) is 6.08 Å². The summed E-state index contributed by atoms with van der Waals surface area (Å²) < 4.78 is 10.8. The molecule has 0 radical (unpaired) electrons. The minimum atomic E-state index is -0.00772. The van der Waals surface area contributed by atoms with Crippen molar-refractivity contribution in [3.63, 3.8) is 0 Å². The topological polar surface area (TPSA) is 59.3 Å². The molecule has 0 aromatic heterocycles. The summed E-state index contributed by atoms with van der Waals surface area (Å²) in [6.07, 6.45) is 1.81. The summed E-state index contributed by atoms with van der Waals surface area (Å²) in [4.78, 5) is 12.4. The number of ether oxygens (including phenoxy) is 2. The maximum atomic E-state index is 12.4. The van der Waals surface area contributed by atoms with Gasteiger partial charge in [0, 0.05) is 5.57 Å². The first kappa shape index (κ1) is 13.9. The molecule has 2 aromatic rings. The van der Waals surface area contributed by atoms with Gasteiger partial charge in [0.1, 0.15) is 24.2 Å². The first-order valence-electron chi connectivity index (χ1n) is 6.85. The molecule has 22 heavy (non-hydrogen) atoms. The number of para-hydroxylation sites is 1. The van der Waals surface area contributed by atoms with Crippen LogP contribution in [-0.2, 0) is 0 Å². The van der Waals surface area contributed by atoms with E-state index in [4.69, 9.17) is 14.7 Å². The van der Waals surface area contributed by atoms with Crippen molar-refractivity contribution in [3.8, 4) is 17.6 Å². The standard InChI is InChI=1S/C18H13NO3/c19-9-10-21-15-7-5-13(6-8-15)11-14-12-22-17-4-2-1-3-16(17)18(14)20/h1-8,11H,10,12H2/b14-11+. The van der Waals surface area contributed by atoms with E-state index in [2.05, 4.69) is 0 Å². The summed E-state index contributed by atoms with van der Waals surface area (Å²) >= 11 is 0. The Morgan fingerprint density at radius 1 is 1.18 bits per heavy atom. The van der Waals surface area contributed by atoms with Crippen LogP contribution in [0.4, 0.5) is 0 Å². The lowest BCUT2D eigenvalue weighted by Gasteiger charge is -2.18. The van der Waals surface area contributed by atoms with Crippen LogP contribution in [0.3, 0.4) is 0 Å². The highest BCUT2D eigenvalue weighted by Gasteiger charge is 2.22. The molecular weight excluding hydrogens is 278 g/mol. The van der Waals surface area contributed by atoms with Crippen molar-refractivity contribution >= 4 is 11.9 Å². The van der Waals surface area contributed by atoms with Crippen LogP contribution in [0.15, 0.2) is 54.1 Å². The molecule has 0 bridgehead atoms. The number of hydrogen-bond donors (Lipinski definition) is 0. The Kier molecular flexibility index (Phi) is 3.88. The summed E-state index contributed by atoms with van der Waals surface area (Å²) in [6, 6.07) is 16.4. The molecule has 0 unspecified atom stereocenters. The van der Waals surface area contributed by atoms with Crippen molar-refractivity contribution in [1.29, 1.82) is 5.26 Å². The number of fused-ring (bicyclic) bond motifs is 1. The van der Waals surface area contributed by atoms with E-state index in [0.717, 1.165) is 5.56 Å². The highest BCUT2D eigenvalue weighted by molar-refractivity contribution is 6.14. The minimum absolute atomic E-state index is 0.00772. The van der Waals surface area contributed by atoms with Crippen LogP contribution in [0.1, 0.15) is 15.9 Å². The highest BCUT2D eigenvalue weighted by Crippen LogP contribution is 2.27. The Balaban J connectivity index is 1.81. The molecular formula is C18H13NO3. The van der Waals surface area contributed by atoms with Gasteiger partial charge in [-0.3, -0.25) is 4.79 Å². The predicted molar refractivity (Wildman–Crippen MR) is 81.8 cm³/mol. The van der Waals surface area contributed by atoms with Gasteiger partial charge >= 0.3 is 0 Å². The number of nitriles is 1. The molecule has 1 aliphatic rings. The first-order chi connectivity index (χ1) is 10.8. The van der Waals surface area contributed by atoms with Crippen molar-refractivity contribution in [2.24, 2.45) is 0 Å². The van der Waals surface area contributed by atoms with Crippen molar-refractivity contribution in [2.75, 3.05) is 13.2 Å². The molecule has 0 spiro atoms. The second-order valence-electron chi connectivity index (χ2n) is 4.80. The highest BCUT2D eigenvalue weighted by atomic mass is 16.5. The fourth-order valence-electron chi connectivity index (χ4n) is 2.26. The molecule has 4 heteroatoms. The molecule has 1 heterocycles. The zero-order valence-corrected chi connectivity index (χ0v) is 11.8. The fraction of sp³-hybridized carbons (Fsp3) is 0.111. The number of rotatable bonds is 3. The van der Waals surface area contributed by atoms with Gasteiger partial charge in [0.25, 0.3) is 0 Å². The van der Waals surface area contributed by atoms with E-state index in [-0.39, 0.29) is 19.0 Å². The molecule has 0 fully saturated rings. The second-order valence-corrected chi connectivity index (χ2v) is 4.80. The van der Waals surface area contributed by atoms with Gasteiger partial charge in [0.15, 0.2) is 12.4 Å². The lowest BCUT2D eigenvalue weighted by atomic mass is 9.98. The number of nitrogens with zero attached hydrogens (tertiary/aromatic N) is 1. The minimum Gasteiger partial charge on any atom is -0.488 e. The van der Waals surface area contributed by atoms with Crippen LogP contribution in [0.5, 0.6) is 11.5 Å². The lowest BCUT2D eigenvalue weighted by Crippen LogP contribution is -2.18. The first-order valence-corrected chi connectivity index (χ1v) is 6.85. The van der Waals surface area contributed by atoms with Crippen molar-refractivity contribution in [3.05, 3.63) is 65.2 Å². The quantitative estimate of drug-likeness (QED) is 0.814. The van der Waals surface area contributed by atoms with Crippen molar-refractivity contribution < 1.29 is 14.3 Å². The molecule has 1 aliphatic heterocycles. The van der Waals surface area contributed by atoms with E-state index in [1.165, 1.54) is 0 Å². The third-order valence-electron chi connectivity index (χ3n) is 3.33. The third-order valence-corrected chi connectivity index (χ3v) is 3.33. The van der Waals surface area contributed by atoms with Crippen LogP contribution in [0, 0.1) is 11.3 Å². The van der Waals surface area contributed by atoms with Gasteiger partial charge in [-0.05, 0) is 35.9 Å². The van der Waals surface area contributed by atoms with E-state index in [1.807, 2.05) is 36.4 Å². The van der Waals surface area contributed by atoms with Crippen LogP contribution in [-0.4, -0.2) is 19.0 Å². The van der Waals surface area contributed by atoms with Crippen LogP contribution in [0.2, 0.25) is 0 Å². The lowest BCUT2D eigenvalue weighted by molar-refractivity contribution is 0.100.